The third-order valence-corrected chi connectivity index (χ3v) is 3.24. The van der Waals surface area contributed by atoms with E-state index in [1.54, 1.807) is 19.1 Å². The lowest BCUT2D eigenvalue weighted by atomic mass is 9.88. The van der Waals surface area contributed by atoms with Gasteiger partial charge >= 0.3 is 0 Å². The van der Waals surface area contributed by atoms with Crippen LogP contribution in [0.4, 0.5) is 4.39 Å². The van der Waals surface area contributed by atoms with E-state index in [4.69, 9.17) is 5.73 Å². The largest absolute Gasteiger partial charge is 0.384 e. The number of benzene rings is 1. The second kappa shape index (κ2) is 3.58. The number of aryl methyl sites for hydroxylation is 1. The molecule has 1 aromatic rings. The van der Waals surface area contributed by atoms with E-state index >= 15 is 0 Å². The van der Waals surface area contributed by atoms with Crippen LogP contribution in [0.25, 0.3) is 0 Å². The van der Waals surface area contributed by atoms with Gasteiger partial charge in [0.25, 0.3) is 0 Å². The molecule has 0 radical (unpaired) electrons. The van der Waals surface area contributed by atoms with Gasteiger partial charge in [-0.1, -0.05) is 12.1 Å². The van der Waals surface area contributed by atoms with Crippen molar-refractivity contribution in [1.29, 1.82) is 0 Å². The first-order valence-corrected chi connectivity index (χ1v) is 5.27. The Labute approximate surface area is 88.9 Å². The van der Waals surface area contributed by atoms with Crippen molar-refractivity contribution < 1.29 is 9.50 Å². The highest BCUT2D eigenvalue weighted by Crippen LogP contribution is 2.45. The van der Waals surface area contributed by atoms with Gasteiger partial charge in [0.1, 0.15) is 11.4 Å². The summed E-state index contributed by atoms with van der Waals surface area (Å²) in [5, 5.41) is 10.4. The molecule has 1 aromatic carbocycles. The first-order valence-electron chi connectivity index (χ1n) is 5.27. The lowest BCUT2D eigenvalue weighted by Crippen LogP contribution is -2.37. The Morgan fingerprint density at radius 2 is 2.20 bits per heavy atom. The SMILES string of the molecule is Cc1ccc(C(O)(CN)C2CC2)cc1F. The molecule has 2 rings (SSSR count). The zero-order chi connectivity index (χ0) is 11.1. The average Bonchev–Trinajstić information content (AvgIpc) is 3.04. The van der Waals surface area contributed by atoms with Crippen molar-refractivity contribution in [2.24, 2.45) is 11.7 Å². The van der Waals surface area contributed by atoms with Crippen molar-refractivity contribution in [1.82, 2.24) is 0 Å². The van der Waals surface area contributed by atoms with Gasteiger partial charge in [-0.25, -0.2) is 4.39 Å². The average molecular weight is 209 g/mol. The fraction of sp³-hybridized carbons (Fsp3) is 0.500. The molecule has 1 fully saturated rings. The molecule has 0 heterocycles. The Balaban J connectivity index is 2.38. The van der Waals surface area contributed by atoms with Crippen LogP contribution in [0.5, 0.6) is 0 Å². The third kappa shape index (κ3) is 1.77. The normalized spacial score (nSPS) is 20.0. The summed E-state index contributed by atoms with van der Waals surface area (Å²) in [5.41, 5.74) is 5.76. The summed E-state index contributed by atoms with van der Waals surface area (Å²) in [6, 6.07) is 4.86. The van der Waals surface area contributed by atoms with Crippen LogP contribution in [-0.2, 0) is 5.60 Å². The summed E-state index contributed by atoms with van der Waals surface area (Å²) >= 11 is 0. The number of hydrogen-bond donors (Lipinski definition) is 2. The van der Waals surface area contributed by atoms with Gasteiger partial charge in [-0.15, -0.1) is 0 Å². The molecule has 0 aromatic heterocycles. The molecule has 0 amide bonds. The number of aliphatic hydroxyl groups is 1. The molecule has 1 aliphatic rings. The lowest BCUT2D eigenvalue weighted by molar-refractivity contribution is 0.0219. The molecule has 0 saturated heterocycles. The maximum atomic E-state index is 13.4. The fourth-order valence-corrected chi connectivity index (χ4v) is 1.94. The van der Waals surface area contributed by atoms with Crippen LogP contribution in [0.3, 0.4) is 0 Å². The fourth-order valence-electron chi connectivity index (χ4n) is 1.94. The maximum Gasteiger partial charge on any atom is 0.126 e. The molecule has 15 heavy (non-hydrogen) atoms. The van der Waals surface area contributed by atoms with E-state index < -0.39 is 5.60 Å². The van der Waals surface area contributed by atoms with E-state index in [1.165, 1.54) is 6.07 Å². The van der Waals surface area contributed by atoms with E-state index in [2.05, 4.69) is 0 Å². The minimum atomic E-state index is -1.03. The molecule has 1 saturated carbocycles. The predicted molar refractivity (Wildman–Crippen MR) is 56.8 cm³/mol. The first kappa shape index (κ1) is 10.6. The summed E-state index contributed by atoms with van der Waals surface area (Å²) in [7, 11) is 0. The summed E-state index contributed by atoms with van der Waals surface area (Å²) in [6.45, 7) is 1.86. The van der Waals surface area contributed by atoms with Crippen molar-refractivity contribution in [3.05, 3.63) is 35.1 Å². The number of rotatable bonds is 3. The van der Waals surface area contributed by atoms with Gasteiger partial charge < -0.3 is 10.8 Å². The minimum absolute atomic E-state index is 0.153. The predicted octanol–water partition coefficient (Wildman–Crippen LogP) is 1.69. The number of halogens is 1. The number of nitrogens with two attached hydrogens (primary N) is 1. The second-order valence-corrected chi connectivity index (χ2v) is 4.37. The zero-order valence-electron chi connectivity index (χ0n) is 8.83. The number of hydrogen-bond acceptors (Lipinski definition) is 2. The van der Waals surface area contributed by atoms with E-state index in [0.29, 0.717) is 11.1 Å². The van der Waals surface area contributed by atoms with Gasteiger partial charge in [0.2, 0.25) is 0 Å². The quantitative estimate of drug-likeness (QED) is 0.795. The van der Waals surface area contributed by atoms with E-state index in [1.807, 2.05) is 0 Å². The molecule has 1 unspecified atom stereocenters. The molecule has 0 aliphatic heterocycles. The molecule has 1 atom stereocenters. The van der Waals surface area contributed by atoms with Crippen molar-refractivity contribution in [3.8, 4) is 0 Å². The monoisotopic (exact) mass is 209 g/mol. The summed E-state index contributed by atoms with van der Waals surface area (Å²) in [4.78, 5) is 0. The Bertz CT molecular complexity index is 376. The Kier molecular flexibility index (Phi) is 2.52. The summed E-state index contributed by atoms with van der Waals surface area (Å²) in [6.07, 6.45) is 1.95. The van der Waals surface area contributed by atoms with E-state index in [-0.39, 0.29) is 18.3 Å². The van der Waals surface area contributed by atoms with Crippen LogP contribution in [-0.4, -0.2) is 11.7 Å². The standard InChI is InChI=1S/C12H16FNO/c1-8-2-3-10(6-11(8)13)12(15,7-14)9-4-5-9/h2-3,6,9,15H,4-5,7,14H2,1H3. The van der Waals surface area contributed by atoms with Gasteiger partial charge in [-0.2, -0.15) is 0 Å². The molecule has 82 valence electrons. The van der Waals surface area contributed by atoms with Gasteiger partial charge in [-0.05, 0) is 42.9 Å². The van der Waals surface area contributed by atoms with Crippen LogP contribution in [0.15, 0.2) is 18.2 Å². The third-order valence-electron chi connectivity index (χ3n) is 3.24. The van der Waals surface area contributed by atoms with Crippen molar-refractivity contribution in [3.63, 3.8) is 0 Å². The maximum absolute atomic E-state index is 13.4. The van der Waals surface area contributed by atoms with Gasteiger partial charge in [0.15, 0.2) is 0 Å². The van der Waals surface area contributed by atoms with Crippen molar-refractivity contribution in [2.75, 3.05) is 6.54 Å². The van der Waals surface area contributed by atoms with Crippen LogP contribution in [0, 0.1) is 18.7 Å². The van der Waals surface area contributed by atoms with Crippen LogP contribution < -0.4 is 5.73 Å². The Morgan fingerprint density at radius 1 is 1.53 bits per heavy atom. The summed E-state index contributed by atoms with van der Waals surface area (Å²) in [5.74, 6) is -0.0790. The van der Waals surface area contributed by atoms with Crippen molar-refractivity contribution >= 4 is 0 Å². The molecular weight excluding hydrogens is 193 g/mol. The van der Waals surface area contributed by atoms with Crippen LogP contribution in [0.1, 0.15) is 24.0 Å². The van der Waals surface area contributed by atoms with Crippen molar-refractivity contribution in [2.45, 2.75) is 25.4 Å². The topological polar surface area (TPSA) is 46.2 Å². The van der Waals surface area contributed by atoms with E-state index in [0.717, 1.165) is 12.8 Å². The molecule has 0 bridgehead atoms. The second-order valence-electron chi connectivity index (χ2n) is 4.37. The smallest absolute Gasteiger partial charge is 0.126 e. The highest BCUT2D eigenvalue weighted by atomic mass is 19.1. The molecule has 1 aliphatic carbocycles. The molecule has 0 spiro atoms. The lowest BCUT2D eigenvalue weighted by Gasteiger charge is -2.27. The zero-order valence-corrected chi connectivity index (χ0v) is 8.83. The van der Waals surface area contributed by atoms with Crippen LogP contribution in [0.2, 0.25) is 0 Å². The molecule has 3 N–H and O–H groups in total. The Morgan fingerprint density at radius 3 is 2.67 bits per heavy atom. The van der Waals surface area contributed by atoms with Gasteiger partial charge in [0.05, 0.1) is 0 Å². The first-order chi connectivity index (χ1) is 7.08. The molecule has 2 nitrogen and oxygen atoms in total. The van der Waals surface area contributed by atoms with Crippen LogP contribution >= 0.6 is 0 Å². The minimum Gasteiger partial charge on any atom is -0.384 e. The van der Waals surface area contributed by atoms with Gasteiger partial charge in [0, 0.05) is 6.54 Å². The Hall–Kier alpha value is -0.930. The molecular formula is C12H16FNO. The highest BCUT2D eigenvalue weighted by molar-refractivity contribution is 5.30. The molecule has 3 heteroatoms. The van der Waals surface area contributed by atoms with Gasteiger partial charge in [-0.3, -0.25) is 0 Å². The van der Waals surface area contributed by atoms with E-state index in [9.17, 15) is 9.50 Å². The summed E-state index contributed by atoms with van der Waals surface area (Å²) < 4.78 is 13.4. The highest BCUT2D eigenvalue weighted by Gasteiger charge is 2.44.